The zero-order valence-corrected chi connectivity index (χ0v) is 18.3. The van der Waals surface area contributed by atoms with Crippen LogP contribution in [0.15, 0.2) is 42.5 Å². The molecule has 154 valence electrons. The number of thioether (sulfide) groups is 1. The van der Waals surface area contributed by atoms with Gasteiger partial charge in [0.05, 0.1) is 0 Å². The molecule has 2 heterocycles. The smallest absolute Gasteiger partial charge is 0.255 e. The van der Waals surface area contributed by atoms with Crippen LogP contribution >= 0.6 is 11.8 Å². The van der Waals surface area contributed by atoms with Gasteiger partial charge in [-0.3, -0.25) is 9.69 Å². The van der Waals surface area contributed by atoms with Crippen LogP contribution in [0.25, 0.3) is 0 Å². The topological polar surface area (TPSA) is 35.6 Å². The summed E-state index contributed by atoms with van der Waals surface area (Å²) in [6.07, 6.45) is 2.49. The molecule has 2 aliphatic rings. The molecule has 29 heavy (non-hydrogen) atoms. The molecule has 4 nitrogen and oxygen atoms in total. The highest BCUT2D eigenvalue weighted by Crippen LogP contribution is 2.26. The average Bonchev–Trinajstić information content (AvgIpc) is 2.75. The highest BCUT2D eigenvalue weighted by Gasteiger charge is 2.25. The molecule has 0 aliphatic carbocycles. The summed E-state index contributed by atoms with van der Waals surface area (Å²) in [6, 6.07) is 15.0. The number of nitrogens with one attached hydrogen (secondary N) is 1. The zero-order valence-electron chi connectivity index (χ0n) is 17.5. The van der Waals surface area contributed by atoms with E-state index in [-0.39, 0.29) is 5.91 Å². The van der Waals surface area contributed by atoms with Crippen molar-refractivity contribution in [1.82, 2.24) is 4.90 Å². The molecule has 1 N–H and O–H groups in total. The second-order valence-corrected chi connectivity index (χ2v) is 9.41. The third kappa shape index (κ3) is 4.96. The van der Waals surface area contributed by atoms with Crippen LogP contribution in [0.5, 0.6) is 0 Å². The van der Waals surface area contributed by atoms with Gasteiger partial charge in [0, 0.05) is 60.7 Å². The van der Waals surface area contributed by atoms with Crippen LogP contribution in [0.3, 0.4) is 0 Å². The van der Waals surface area contributed by atoms with E-state index in [2.05, 4.69) is 39.0 Å². The molecule has 0 bridgehead atoms. The molecule has 5 heteroatoms. The van der Waals surface area contributed by atoms with E-state index in [1.54, 1.807) is 0 Å². The van der Waals surface area contributed by atoms with Gasteiger partial charge in [0.1, 0.15) is 0 Å². The van der Waals surface area contributed by atoms with E-state index in [1.165, 1.54) is 48.7 Å². The van der Waals surface area contributed by atoms with E-state index < -0.39 is 0 Å². The van der Waals surface area contributed by atoms with E-state index in [0.717, 1.165) is 35.9 Å². The van der Waals surface area contributed by atoms with Gasteiger partial charge >= 0.3 is 0 Å². The highest BCUT2D eigenvalue weighted by atomic mass is 32.2. The summed E-state index contributed by atoms with van der Waals surface area (Å²) in [5.74, 6) is 2.53. The van der Waals surface area contributed by atoms with Gasteiger partial charge in [-0.25, -0.2) is 0 Å². The fourth-order valence-electron chi connectivity index (χ4n) is 4.45. The van der Waals surface area contributed by atoms with Crippen molar-refractivity contribution in [1.29, 1.82) is 0 Å². The summed E-state index contributed by atoms with van der Waals surface area (Å²) in [5.41, 5.74) is 5.01. The Bertz CT molecular complexity index is 838. The summed E-state index contributed by atoms with van der Waals surface area (Å²) in [7, 11) is 0. The van der Waals surface area contributed by atoms with Crippen LogP contribution < -0.4 is 10.2 Å². The number of aryl methyl sites for hydroxylation is 2. The Hall–Kier alpha value is -1.98. The van der Waals surface area contributed by atoms with Gasteiger partial charge in [-0.15, -0.1) is 0 Å². The number of anilines is 2. The molecule has 0 aromatic heterocycles. The molecule has 4 rings (SSSR count). The van der Waals surface area contributed by atoms with E-state index in [4.69, 9.17) is 0 Å². The number of piperidine rings is 1. The van der Waals surface area contributed by atoms with Crippen molar-refractivity contribution >= 4 is 29.0 Å². The van der Waals surface area contributed by atoms with Gasteiger partial charge in [-0.05, 0) is 62.6 Å². The number of hydrogen-bond acceptors (Lipinski definition) is 4. The third-order valence-corrected chi connectivity index (χ3v) is 7.09. The van der Waals surface area contributed by atoms with Gasteiger partial charge < -0.3 is 10.2 Å². The standard InChI is InChI=1S/C24H31N3OS/c1-18-3-8-23(19(2)17-18)24(28)25-20-4-6-21(7-5-20)26-11-9-22(10-12-26)27-13-15-29-16-14-27/h3-8,17,22H,9-16H2,1-2H3,(H,25,28). The molecule has 2 aromatic carbocycles. The molecule has 0 radical (unpaired) electrons. The fourth-order valence-corrected chi connectivity index (χ4v) is 5.39. The maximum absolute atomic E-state index is 12.6. The number of carbonyl (C=O) groups excluding carboxylic acids is 1. The Morgan fingerprint density at radius 1 is 0.966 bits per heavy atom. The third-order valence-electron chi connectivity index (χ3n) is 6.14. The molecule has 0 saturated carbocycles. The molecular formula is C24H31N3OS. The lowest BCUT2D eigenvalue weighted by atomic mass is 10.0. The first kappa shape index (κ1) is 20.3. The minimum Gasteiger partial charge on any atom is -0.371 e. The molecule has 0 atom stereocenters. The van der Waals surface area contributed by atoms with Crippen LogP contribution in [-0.4, -0.2) is 54.5 Å². The fraction of sp³-hybridized carbons (Fsp3) is 0.458. The largest absolute Gasteiger partial charge is 0.371 e. The average molecular weight is 410 g/mol. The van der Waals surface area contributed by atoms with E-state index in [0.29, 0.717) is 0 Å². The summed E-state index contributed by atoms with van der Waals surface area (Å²) in [6.45, 7) is 8.76. The molecule has 0 unspecified atom stereocenters. The number of benzene rings is 2. The Balaban J connectivity index is 1.33. The minimum atomic E-state index is -0.0456. The van der Waals surface area contributed by atoms with Gasteiger partial charge in [0.15, 0.2) is 0 Å². The maximum atomic E-state index is 12.6. The number of nitrogens with zero attached hydrogens (tertiary/aromatic N) is 2. The van der Waals surface area contributed by atoms with E-state index >= 15 is 0 Å². The van der Waals surface area contributed by atoms with Gasteiger partial charge in [0.2, 0.25) is 0 Å². The normalized spacial score (nSPS) is 18.6. The SMILES string of the molecule is Cc1ccc(C(=O)Nc2ccc(N3CCC(N4CCSCC4)CC3)cc2)c(C)c1. The molecule has 2 fully saturated rings. The Kier molecular flexibility index (Phi) is 6.46. The van der Waals surface area contributed by atoms with Gasteiger partial charge in [0.25, 0.3) is 5.91 Å². The molecule has 2 aromatic rings. The number of amides is 1. The van der Waals surface area contributed by atoms with Crippen molar-refractivity contribution in [2.75, 3.05) is 47.9 Å². The summed E-state index contributed by atoms with van der Waals surface area (Å²) in [4.78, 5) is 17.8. The van der Waals surface area contributed by atoms with Crippen LogP contribution in [0.4, 0.5) is 11.4 Å². The summed E-state index contributed by atoms with van der Waals surface area (Å²) < 4.78 is 0. The van der Waals surface area contributed by atoms with Crippen molar-refractivity contribution < 1.29 is 4.79 Å². The Morgan fingerprint density at radius 2 is 1.66 bits per heavy atom. The number of rotatable bonds is 4. The molecule has 1 amide bonds. The van der Waals surface area contributed by atoms with Gasteiger partial charge in [-0.1, -0.05) is 17.7 Å². The van der Waals surface area contributed by atoms with Crippen molar-refractivity contribution in [3.05, 3.63) is 59.2 Å². The van der Waals surface area contributed by atoms with Crippen molar-refractivity contribution in [3.63, 3.8) is 0 Å². The molecule has 0 spiro atoms. The first-order chi connectivity index (χ1) is 14.1. The summed E-state index contributed by atoms with van der Waals surface area (Å²) >= 11 is 2.08. The van der Waals surface area contributed by atoms with E-state index in [9.17, 15) is 4.79 Å². The van der Waals surface area contributed by atoms with E-state index in [1.807, 2.05) is 44.2 Å². The lowest BCUT2D eigenvalue weighted by Gasteiger charge is -2.40. The zero-order chi connectivity index (χ0) is 20.2. The highest BCUT2D eigenvalue weighted by molar-refractivity contribution is 7.99. The maximum Gasteiger partial charge on any atom is 0.255 e. The van der Waals surface area contributed by atoms with Crippen molar-refractivity contribution in [2.45, 2.75) is 32.7 Å². The van der Waals surface area contributed by atoms with Crippen LogP contribution in [0.2, 0.25) is 0 Å². The predicted octanol–water partition coefficient (Wildman–Crippen LogP) is 4.57. The first-order valence-corrected chi connectivity index (χ1v) is 11.8. The van der Waals surface area contributed by atoms with Gasteiger partial charge in [-0.2, -0.15) is 11.8 Å². The number of hydrogen-bond donors (Lipinski definition) is 1. The molecule has 2 aliphatic heterocycles. The Labute approximate surface area is 178 Å². The quantitative estimate of drug-likeness (QED) is 0.802. The second-order valence-electron chi connectivity index (χ2n) is 8.19. The second kappa shape index (κ2) is 9.23. The van der Waals surface area contributed by atoms with Crippen molar-refractivity contribution in [3.8, 4) is 0 Å². The lowest BCUT2D eigenvalue weighted by Crippen LogP contribution is -2.47. The van der Waals surface area contributed by atoms with Crippen molar-refractivity contribution in [2.24, 2.45) is 0 Å². The van der Waals surface area contributed by atoms with Crippen LogP contribution in [-0.2, 0) is 0 Å². The van der Waals surface area contributed by atoms with Crippen LogP contribution in [0, 0.1) is 13.8 Å². The number of carbonyl (C=O) groups is 1. The Morgan fingerprint density at radius 3 is 2.31 bits per heavy atom. The predicted molar refractivity (Wildman–Crippen MR) is 124 cm³/mol. The lowest BCUT2D eigenvalue weighted by molar-refractivity contribution is 0.102. The molecular weight excluding hydrogens is 378 g/mol. The van der Waals surface area contributed by atoms with Crippen LogP contribution in [0.1, 0.15) is 34.3 Å². The molecule has 2 saturated heterocycles. The minimum absolute atomic E-state index is 0.0456. The first-order valence-electron chi connectivity index (χ1n) is 10.7. The summed E-state index contributed by atoms with van der Waals surface area (Å²) in [5, 5.41) is 3.03. The monoisotopic (exact) mass is 409 g/mol.